The van der Waals surface area contributed by atoms with Crippen LogP contribution in [-0.2, 0) is 28.6 Å². The molecular formula is C21H28O7. The van der Waals surface area contributed by atoms with Gasteiger partial charge in [0.15, 0.2) is 0 Å². The van der Waals surface area contributed by atoms with Gasteiger partial charge in [0, 0.05) is 18.3 Å². The number of hydrogen-bond donors (Lipinski definition) is 1. The van der Waals surface area contributed by atoms with Gasteiger partial charge in [-0.05, 0) is 30.9 Å². The molecule has 0 radical (unpaired) electrons. The van der Waals surface area contributed by atoms with E-state index in [0.717, 1.165) is 0 Å². The van der Waals surface area contributed by atoms with Crippen molar-refractivity contribution in [2.24, 2.45) is 11.8 Å². The van der Waals surface area contributed by atoms with Crippen LogP contribution in [0, 0.1) is 11.8 Å². The summed E-state index contributed by atoms with van der Waals surface area (Å²) in [4.78, 5) is 36.5. The maximum atomic E-state index is 12.6. The van der Waals surface area contributed by atoms with E-state index in [1.54, 1.807) is 19.1 Å². The summed E-state index contributed by atoms with van der Waals surface area (Å²) in [5.41, 5.74) is 1.13. The van der Waals surface area contributed by atoms with Crippen molar-refractivity contribution in [3.05, 3.63) is 35.5 Å². The number of carbonyl (C=O) groups is 3. The standard InChI is InChI=1S/C21H28O7/c1-5-12(2)20(24)28-19-17-13(3)21(25)27-16(17)9-14(10-22)7-6-8-15(11-23)18(19)26-4/h8-9,11-12,16-19,22H,3,5-7,10H2,1-2,4H3/b14-9-,15-8+/t12-,16+,17-,18-,19+/m0/s1. The highest BCUT2D eigenvalue weighted by atomic mass is 16.6. The lowest BCUT2D eigenvalue weighted by atomic mass is 9.83. The molecule has 1 aliphatic heterocycles. The molecule has 2 aliphatic rings. The van der Waals surface area contributed by atoms with Gasteiger partial charge in [-0.2, -0.15) is 0 Å². The third-order valence-electron chi connectivity index (χ3n) is 5.35. The second-order valence-electron chi connectivity index (χ2n) is 7.13. The molecule has 1 fully saturated rings. The molecule has 1 N–H and O–H groups in total. The van der Waals surface area contributed by atoms with Crippen molar-refractivity contribution in [3.63, 3.8) is 0 Å². The van der Waals surface area contributed by atoms with E-state index in [1.165, 1.54) is 7.11 Å². The van der Waals surface area contributed by atoms with Crippen molar-refractivity contribution in [3.8, 4) is 0 Å². The first kappa shape index (κ1) is 22.0. The molecule has 0 amide bonds. The number of fused-ring (bicyclic) bond motifs is 1. The summed E-state index contributed by atoms with van der Waals surface area (Å²) >= 11 is 0. The molecule has 1 saturated heterocycles. The van der Waals surface area contributed by atoms with Crippen LogP contribution < -0.4 is 0 Å². The molecule has 28 heavy (non-hydrogen) atoms. The maximum absolute atomic E-state index is 12.6. The lowest BCUT2D eigenvalue weighted by Crippen LogP contribution is -2.44. The van der Waals surface area contributed by atoms with Crippen LogP contribution in [0.3, 0.4) is 0 Å². The summed E-state index contributed by atoms with van der Waals surface area (Å²) in [6.07, 6.45) is 3.01. The number of methoxy groups -OCH3 is 1. The summed E-state index contributed by atoms with van der Waals surface area (Å²) in [7, 11) is 1.42. The van der Waals surface area contributed by atoms with Gasteiger partial charge in [-0.25, -0.2) is 4.79 Å². The Kier molecular flexibility index (Phi) is 7.71. The van der Waals surface area contributed by atoms with Crippen LogP contribution in [0.15, 0.2) is 35.5 Å². The fourth-order valence-corrected chi connectivity index (χ4v) is 3.43. The Hall–Kier alpha value is -2.25. The fraction of sp³-hybridized carbons (Fsp3) is 0.571. The summed E-state index contributed by atoms with van der Waals surface area (Å²) in [5.74, 6) is -2.13. The molecule has 0 aromatic heterocycles. The number of esters is 2. The van der Waals surface area contributed by atoms with Gasteiger partial charge in [-0.1, -0.05) is 26.5 Å². The second-order valence-corrected chi connectivity index (χ2v) is 7.13. The molecule has 0 saturated carbocycles. The van der Waals surface area contributed by atoms with Crippen LogP contribution >= 0.6 is 0 Å². The number of hydrogen-bond acceptors (Lipinski definition) is 7. The highest BCUT2D eigenvalue weighted by molar-refractivity contribution is 5.91. The molecule has 0 bridgehead atoms. The van der Waals surface area contributed by atoms with Gasteiger partial charge in [0.05, 0.1) is 18.4 Å². The number of rotatable bonds is 6. The molecule has 7 nitrogen and oxygen atoms in total. The maximum Gasteiger partial charge on any atom is 0.334 e. The van der Waals surface area contributed by atoms with Crippen molar-refractivity contribution in [1.29, 1.82) is 0 Å². The second kappa shape index (κ2) is 9.80. The first-order valence-electron chi connectivity index (χ1n) is 9.46. The highest BCUT2D eigenvalue weighted by Gasteiger charge is 2.48. The Morgan fingerprint density at radius 2 is 2.21 bits per heavy atom. The zero-order valence-electron chi connectivity index (χ0n) is 16.6. The third-order valence-corrected chi connectivity index (χ3v) is 5.35. The van der Waals surface area contributed by atoms with Crippen LogP contribution in [0.25, 0.3) is 0 Å². The topological polar surface area (TPSA) is 99.1 Å². The number of aliphatic hydroxyl groups is 1. The lowest BCUT2D eigenvalue weighted by Gasteiger charge is -2.33. The van der Waals surface area contributed by atoms with Gasteiger partial charge in [-0.3, -0.25) is 9.59 Å². The van der Waals surface area contributed by atoms with Gasteiger partial charge < -0.3 is 19.3 Å². The van der Waals surface area contributed by atoms with E-state index in [4.69, 9.17) is 14.2 Å². The Labute approximate surface area is 165 Å². The van der Waals surface area contributed by atoms with Gasteiger partial charge in [0.2, 0.25) is 0 Å². The first-order valence-corrected chi connectivity index (χ1v) is 9.46. The Bertz CT molecular complexity index is 691. The van der Waals surface area contributed by atoms with E-state index in [0.29, 0.717) is 36.7 Å². The van der Waals surface area contributed by atoms with Crippen LogP contribution in [0.5, 0.6) is 0 Å². The molecule has 1 heterocycles. The van der Waals surface area contributed by atoms with Crippen molar-refractivity contribution < 1.29 is 33.7 Å². The predicted octanol–water partition coefficient (Wildman–Crippen LogP) is 1.89. The largest absolute Gasteiger partial charge is 0.458 e. The molecule has 0 aromatic rings. The lowest BCUT2D eigenvalue weighted by molar-refractivity contribution is -0.164. The van der Waals surface area contributed by atoms with Crippen molar-refractivity contribution in [2.75, 3.05) is 13.7 Å². The average molecular weight is 392 g/mol. The number of aldehydes is 1. The molecule has 2 rings (SSSR count). The third kappa shape index (κ3) is 4.59. The molecule has 0 unspecified atom stereocenters. The van der Waals surface area contributed by atoms with Gasteiger partial charge in [-0.15, -0.1) is 0 Å². The average Bonchev–Trinajstić information content (AvgIpc) is 2.97. The summed E-state index contributed by atoms with van der Waals surface area (Å²) in [6, 6.07) is 0. The van der Waals surface area contributed by atoms with E-state index in [1.807, 2.05) is 6.92 Å². The van der Waals surface area contributed by atoms with Crippen molar-refractivity contribution in [1.82, 2.24) is 0 Å². The van der Waals surface area contributed by atoms with E-state index >= 15 is 0 Å². The van der Waals surface area contributed by atoms with Crippen LogP contribution in [0.4, 0.5) is 0 Å². The Morgan fingerprint density at radius 3 is 2.79 bits per heavy atom. The first-order chi connectivity index (χ1) is 13.4. The van der Waals surface area contributed by atoms with E-state index < -0.39 is 36.2 Å². The molecule has 154 valence electrons. The zero-order chi connectivity index (χ0) is 20.8. The summed E-state index contributed by atoms with van der Waals surface area (Å²) < 4.78 is 16.7. The number of ether oxygens (including phenoxy) is 3. The van der Waals surface area contributed by atoms with E-state index in [-0.39, 0.29) is 18.1 Å². The van der Waals surface area contributed by atoms with Gasteiger partial charge in [0.1, 0.15) is 24.6 Å². The molecular weight excluding hydrogens is 364 g/mol. The van der Waals surface area contributed by atoms with Gasteiger partial charge >= 0.3 is 11.9 Å². The number of aliphatic hydroxyl groups excluding tert-OH is 1. The number of allylic oxidation sites excluding steroid dienone is 1. The predicted molar refractivity (Wildman–Crippen MR) is 101 cm³/mol. The fourth-order valence-electron chi connectivity index (χ4n) is 3.43. The van der Waals surface area contributed by atoms with E-state index in [2.05, 4.69) is 6.58 Å². The van der Waals surface area contributed by atoms with Crippen molar-refractivity contribution in [2.45, 2.75) is 51.4 Å². The van der Waals surface area contributed by atoms with Crippen molar-refractivity contribution >= 4 is 18.2 Å². The molecule has 1 aliphatic carbocycles. The minimum absolute atomic E-state index is 0.147. The monoisotopic (exact) mass is 392 g/mol. The van der Waals surface area contributed by atoms with Gasteiger partial charge in [0.25, 0.3) is 0 Å². The zero-order valence-corrected chi connectivity index (χ0v) is 16.6. The molecule has 0 spiro atoms. The SMILES string of the molecule is C=C1C(=O)O[C@@H]2/C=C(\CO)CC/C=C(\C=O)[C@H](OC)[C@H](OC(=O)[C@@H](C)CC)[C@@H]12. The molecule has 5 atom stereocenters. The Morgan fingerprint density at radius 1 is 1.50 bits per heavy atom. The minimum Gasteiger partial charge on any atom is -0.458 e. The normalized spacial score (nSPS) is 32.9. The smallest absolute Gasteiger partial charge is 0.334 e. The van der Waals surface area contributed by atoms with Crippen LogP contribution in [0.2, 0.25) is 0 Å². The highest BCUT2D eigenvalue weighted by Crippen LogP contribution is 2.37. The molecule has 0 aromatic carbocycles. The summed E-state index contributed by atoms with van der Waals surface area (Å²) in [5, 5.41) is 9.63. The summed E-state index contributed by atoms with van der Waals surface area (Å²) in [6.45, 7) is 7.22. The number of carbonyl (C=O) groups excluding carboxylic acids is 3. The Balaban J connectivity index is 2.56. The minimum atomic E-state index is -0.971. The molecule has 7 heteroatoms. The quantitative estimate of drug-likeness (QED) is 0.319. The van der Waals surface area contributed by atoms with Crippen LogP contribution in [-0.4, -0.2) is 55.4 Å². The van der Waals surface area contributed by atoms with E-state index in [9.17, 15) is 19.5 Å². The van der Waals surface area contributed by atoms with Crippen LogP contribution in [0.1, 0.15) is 33.1 Å².